The number of pyridine rings is 1. The molecule has 0 radical (unpaired) electrons. The molecule has 15 heavy (non-hydrogen) atoms. The van der Waals surface area contributed by atoms with Gasteiger partial charge in [0.15, 0.2) is 0 Å². The van der Waals surface area contributed by atoms with Crippen molar-refractivity contribution in [1.82, 2.24) is 4.98 Å². The summed E-state index contributed by atoms with van der Waals surface area (Å²) in [6, 6.07) is 4.07. The second-order valence-electron chi connectivity index (χ2n) is 3.46. The van der Waals surface area contributed by atoms with Gasteiger partial charge >= 0.3 is 0 Å². The lowest BCUT2D eigenvalue weighted by molar-refractivity contribution is 0.205. The van der Waals surface area contributed by atoms with Crippen LogP contribution in [0.1, 0.15) is 5.56 Å². The lowest BCUT2D eigenvalue weighted by Gasteiger charge is -2.22. The molecule has 4 nitrogen and oxygen atoms in total. The lowest BCUT2D eigenvalue weighted by atomic mass is 10.3. The van der Waals surface area contributed by atoms with Crippen molar-refractivity contribution in [3.8, 4) is 0 Å². The first-order chi connectivity index (χ1) is 7.27. The van der Waals surface area contributed by atoms with Crippen molar-refractivity contribution in [2.24, 2.45) is 5.73 Å². The fourth-order valence-corrected chi connectivity index (χ4v) is 1.35. The number of rotatable bonds is 6. The molecule has 0 aromatic carbocycles. The smallest absolute Gasteiger partial charge is 0.128 e. The summed E-state index contributed by atoms with van der Waals surface area (Å²) in [5.74, 6) is 0.961. The minimum Gasteiger partial charge on any atom is -0.383 e. The zero-order valence-corrected chi connectivity index (χ0v) is 9.44. The Morgan fingerprint density at radius 1 is 1.40 bits per heavy atom. The van der Waals surface area contributed by atoms with Gasteiger partial charge in [-0.2, -0.15) is 0 Å². The molecule has 0 atom stereocenters. The van der Waals surface area contributed by atoms with Gasteiger partial charge in [-0.1, -0.05) is 6.07 Å². The largest absolute Gasteiger partial charge is 0.383 e. The molecule has 4 heteroatoms. The average molecular weight is 209 g/mol. The van der Waals surface area contributed by atoms with Crippen molar-refractivity contribution in [1.29, 1.82) is 0 Å². The van der Waals surface area contributed by atoms with E-state index in [1.54, 1.807) is 7.11 Å². The molecule has 1 rings (SSSR count). The van der Waals surface area contributed by atoms with Gasteiger partial charge in [0.2, 0.25) is 0 Å². The summed E-state index contributed by atoms with van der Waals surface area (Å²) in [5.41, 5.74) is 6.72. The van der Waals surface area contributed by atoms with E-state index in [9.17, 15) is 0 Å². The summed E-state index contributed by atoms with van der Waals surface area (Å²) < 4.78 is 5.05. The zero-order chi connectivity index (χ0) is 11.1. The highest BCUT2D eigenvalue weighted by Gasteiger charge is 2.05. The van der Waals surface area contributed by atoms with Gasteiger partial charge in [0.25, 0.3) is 0 Å². The molecule has 0 aliphatic rings. The molecule has 0 saturated carbocycles. The minimum absolute atomic E-state index is 0.624. The first kappa shape index (κ1) is 11.9. The Hall–Kier alpha value is -1.13. The second kappa shape index (κ2) is 6.37. The maximum atomic E-state index is 5.56. The second-order valence-corrected chi connectivity index (χ2v) is 3.46. The maximum absolute atomic E-state index is 5.56. The summed E-state index contributed by atoms with van der Waals surface area (Å²) in [5, 5.41) is 0. The maximum Gasteiger partial charge on any atom is 0.128 e. The molecule has 0 spiro atoms. The third-order valence-electron chi connectivity index (χ3n) is 2.18. The van der Waals surface area contributed by atoms with Crippen molar-refractivity contribution in [3.05, 3.63) is 23.9 Å². The van der Waals surface area contributed by atoms with Crippen molar-refractivity contribution in [2.75, 3.05) is 38.3 Å². The fourth-order valence-electron chi connectivity index (χ4n) is 1.35. The molecule has 2 N–H and O–H groups in total. The van der Waals surface area contributed by atoms with Crippen molar-refractivity contribution in [3.63, 3.8) is 0 Å². The molecule has 0 saturated heterocycles. The minimum atomic E-state index is 0.624. The van der Waals surface area contributed by atoms with E-state index in [-0.39, 0.29) is 0 Å². The molecular formula is C11H19N3O. The third-order valence-corrected chi connectivity index (χ3v) is 2.18. The van der Waals surface area contributed by atoms with Crippen molar-refractivity contribution >= 4 is 5.82 Å². The van der Waals surface area contributed by atoms with Crippen LogP contribution in [0.2, 0.25) is 0 Å². The summed E-state index contributed by atoms with van der Waals surface area (Å²) in [6.45, 7) is 4.97. The molecule has 0 aliphatic heterocycles. The predicted octanol–water partition coefficient (Wildman–Crippen LogP) is 0.802. The average Bonchev–Trinajstić information content (AvgIpc) is 2.25. The molecule has 1 aromatic heterocycles. The van der Waals surface area contributed by atoms with E-state index in [1.165, 1.54) is 0 Å². The molecule has 0 bridgehead atoms. The van der Waals surface area contributed by atoms with Crippen LogP contribution in [0.15, 0.2) is 18.3 Å². The number of aromatic nitrogens is 1. The van der Waals surface area contributed by atoms with E-state index in [0.29, 0.717) is 13.2 Å². The van der Waals surface area contributed by atoms with E-state index in [1.807, 2.05) is 19.2 Å². The number of hydrogen-bond acceptors (Lipinski definition) is 4. The number of nitrogens with two attached hydrogens (primary N) is 1. The summed E-state index contributed by atoms with van der Waals surface area (Å²) in [7, 11) is 1.70. The van der Waals surface area contributed by atoms with E-state index < -0.39 is 0 Å². The van der Waals surface area contributed by atoms with Crippen LogP contribution in [-0.2, 0) is 4.74 Å². The van der Waals surface area contributed by atoms with Crippen LogP contribution in [0.25, 0.3) is 0 Å². The summed E-state index contributed by atoms with van der Waals surface area (Å²) in [4.78, 5) is 6.49. The Kier molecular flexibility index (Phi) is 5.07. The van der Waals surface area contributed by atoms with E-state index >= 15 is 0 Å². The van der Waals surface area contributed by atoms with Crippen LogP contribution in [0.3, 0.4) is 0 Å². The van der Waals surface area contributed by atoms with Crippen LogP contribution < -0.4 is 10.6 Å². The molecule has 0 aliphatic carbocycles. The quantitative estimate of drug-likeness (QED) is 0.753. The van der Waals surface area contributed by atoms with Crippen LogP contribution in [0.4, 0.5) is 5.82 Å². The van der Waals surface area contributed by atoms with Crippen molar-refractivity contribution < 1.29 is 4.74 Å². The van der Waals surface area contributed by atoms with Gasteiger partial charge in [0.05, 0.1) is 6.61 Å². The lowest BCUT2D eigenvalue weighted by Crippen LogP contribution is -2.32. The van der Waals surface area contributed by atoms with Crippen LogP contribution in [0.5, 0.6) is 0 Å². The van der Waals surface area contributed by atoms with E-state index in [0.717, 1.165) is 24.5 Å². The number of anilines is 1. The monoisotopic (exact) mass is 209 g/mol. The molecule has 0 fully saturated rings. The molecular weight excluding hydrogens is 190 g/mol. The number of aryl methyl sites for hydroxylation is 1. The van der Waals surface area contributed by atoms with Crippen LogP contribution >= 0.6 is 0 Å². The molecule has 0 unspecified atom stereocenters. The highest BCUT2D eigenvalue weighted by Crippen LogP contribution is 2.09. The SMILES string of the molecule is COCCN(CCN)c1ccc(C)cn1. The molecule has 0 amide bonds. The molecule has 84 valence electrons. The number of hydrogen-bond donors (Lipinski definition) is 1. The number of ether oxygens (including phenoxy) is 1. The van der Waals surface area contributed by atoms with Crippen LogP contribution in [-0.4, -0.2) is 38.3 Å². The first-order valence-corrected chi connectivity index (χ1v) is 5.14. The highest BCUT2D eigenvalue weighted by molar-refractivity contribution is 5.39. The normalized spacial score (nSPS) is 10.3. The highest BCUT2D eigenvalue weighted by atomic mass is 16.5. The summed E-state index contributed by atoms with van der Waals surface area (Å²) in [6.07, 6.45) is 1.87. The Labute approximate surface area is 91.1 Å². The van der Waals surface area contributed by atoms with Gasteiger partial charge in [-0.25, -0.2) is 4.98 Å². The van der Waals surface area contributed by atoms with Crippen molar-refractivity contribution in [2.45, 2.75) is 6.92 Å². The topological polar surface area (TPSA) is 51.4 Å². The number of nitrogens with zero attached hydrogens (tertiary/aromatic N) is 2. The zero-order valence-electron chi connectivity index (χ0n) is 9.44. The summed E-state index contributed by atoms with van der Waals surface area (Å²) >= 11 is 0. The number of methoxy groups -OCH3 is 1. The van der Waals surface area contributed by atoms with Crippen LogP contribution in [0, 0.1) is 6.92 Å². The third kappa shape index (κ3) is 3.85. The van der Waals surface area contributed by atoms with Gasteiger partial charge < -0.3 is 15.4 Å². The fraction of sp³-hybridized carbons (Fsp3) is 0.545. The predicted molar refractivity (Wildman–Crippen MR) is 62.1 cm³/mol. The standard InChI is InChI=1S/C11H19N3O/c1-10-3-4-11(13-9-10)14(6-5-12)7-8-15-2/h3-4,9H,5-8,12H2,1-2H3. The Morgan fingerprint density at radius 3 is 2.73 bits per heavy atom. The first-order valence-electron chi connectivity index (χ1n) is 5.14. The van der Waals surface area contributed by atoms with Gasteiger partial charge in [-0.3, -0.25) is 0 Å². The van der Waals surface area contributed by atoms with Gasteiger partial charge in [-0.15, -0.1) is 0 Å². The van der Waals surface area contributed by atoms with Gasteiger partial charge in [-0.05, 0) is 18.6 Å². The van der Waals surface area contributed by atoms with Gasteiger partial charge in [0, 0.05) is 32.9 Å². The van der Waals surface area contributed by atoms with Gasteiger partial charge in [0.1, 0.15) is 5.82 Å². The Balaban J connectivity index is 2.65. The molecule has 1 aromatic rings. The Bertz CT molecular complexity index is 274. The van der Waals surface area contributed by atoms with E-state index in [2.05, 4.69) is 16.0 Å². The van der Waals surface area contributed by atoms with E-state index in [4.69, 9.17) is 10.5 Å². The molecule has 1 heterocycles. The Morgan fingerprint density at radius 2 is 2.20 bits per heavy atom.